The summed E-state index contributed by atoms with van der Waals surface area (Å²) >= 11 is 5.21. The molecule has 4 heteroatoms. The maximum Gasteiger partial charge on any atom is 0.255 e. The molecule has 104 valence electrons. The van der Waals surface area contributed by atoms with E-state index in [-0.39, 0.29) is 5.91 Å². The first kappa shape index (κ1) is 13.8. The first-order valence-electron chi connectivity index (χ1n) is 6.74. The van der Waals surface area contributed by atoms with Gasteiger partial charge in [0.25, 0.3) is 5.91 Å². The highest BCUT2D eigenvalue weighted by Gasteiger charge is 2.33. The van der Waals surface area contributed by atoms with Crippen LogP contribution in [0.25, 0.3) is 0 Å². The average molecular weight is 350 g/mol. The molecule has 0 bridgehead atoms. The van der Waals surface area contributed by atoms with E-state index in [2.05, 4.69) is 27.4 Å². The third-order valence-electron chi connectivity index (χ3n) is 3.51. The van der Waals surface area contributed by atoms with E-state index in [1.807, 2.05) is 36.1 Å². The summed E-state index contributed by atoms with van der Waals surface area (Å²) < 4.78 is 0.880. The van der Waals surface area contributed by atoms with Gasteiger partial charge in [0, 0.05) is 15.4 Å². The molecule has 1 saturated carbocycles. The molecule has 0 aliphatic heterocycles. The molecule has 1 aliphatic rings. The fourth-order valence-corrected chi connectivity index (χ4v) is 3.40. The number of carbonyl (C=O) groups excluding carboxylic acids is 1. The van der Waals surface area contributed by atoms with Crippen LogP contribution in [0.2, 0.25) is 0 Å². The van der Waals surface area contributed by atoms with Crippen molar-refractivity contribution in [2.45, 2.75) is 32.4 Å². The van der Waals surface area contributed by atoms with Crippen LogP contribution < -0.4 is 0 Å². The quantitative estimate of drug-likeness (QED) is 0.788. The number of nitrogens with zero attached hydrogens (tertiary/aromatic N) is 1. The van der Waals surface area contributed by atoms with Crippen LogP contribution in [0, 0.1) is 6.92 Å². The lowest BCUT2D eigenvalue weighted by Crippen LogP contribution is -2.32. The molecule has 1 amide bonds. The van der Waals surface area contributed by atoms with Crippen molar-refractivity contribution in [3.8, 4) is 0 Å². The lowest BCUT2D eigenvalue weighted by molar-refractivity contribution is 0.0730. The molecule has 2 nitrogen and oxygen atoms in total. The van der Waals surface area contributed by atoms with E-state index in [4.69, 9.17) is 0 Å². The van der Waals surface area contributed by atoms with Crippen LogP contribution in [-0.2, 0) is 6.54 Å². The van der Waals surface area contributed by atoms with Crippen molar-refractivity contribution in [3.05, 3.63) is 56.2 Å². The molecule has 0 spiro atoms. The van der Waals surface area contributed by atoms with Crippen molar-refractivity contribution in [1.29, 1.82) is 0 Å². The number of hydrogen-bond donors (Lipinski definition) is 0. The smallest absolute Gasteiger partial charge is 0.255 e. The molecule has 3 rings (SSSR count). The lowest BCUT2D eigenvalue weighted by Gasteiger charge is -2.22. The summed E-state index contributed by atoms with van der Waals surface area (Å²) in [6, 6.07) is 10.5. The van der Waals surface area contributed by atoms with Crippen molar-refractivity contribution in [2.75, 3.05) is 0 Å². The Bertz CT molecular complexity index is 619. The summed E-state index contributed by atoms with van der Waals surface area (Å²) in [5.74, 6) is 0.136. The van der Waals surface area contributed by atoms with Crippen LogP contribution in [0.3, 0.4) is 0 Å². The molecular weight excluding hydrogens is 334 g/mol. The number of rotatable bonds is 4. The Morgan fingerprint density at radius 3 is 2.85 bits per heavy atom. The zero-order valence-corrected chi connectivity index (χ0v) is 13.7. The molecule has 0 atom stereocenters. The zero-order chi connectivity index (χ0) is 14.1. The first-order chi connectivity index (χ1) is 9.65. The van der Waals surface area contributed by atoms with E-state index >= 15 is 0 Å². The van der Waals surface area contributed by atoms with Gasteiger partial charge in [0.05, 0.1) is 12.1 Å². The van der Waals surface area contributed by atoms with E-state index in [1.165, 1.54) is 4.88 Å². The zero-order valence-electron chi connectivity index (χ0n) is 11.3. The largest absolute Gasteiger partial charge is 0.330 e. The minimum Gasteiger partial charge on any atom is -0.330 e. The highest BCUT2D eigenvalue weighted by atomic mass is 79.9. The monoisotopic (exact) mass is 349 g/mol. The van der Waals surface area contributed by atoms with E-state index in [0.29, 0.717) is 6.04 Å². The van der Waals surface area contributed by atoms with E-state index in [0.717, 1.165) is 35.0 Å². The highest BCUT2D eigenvalue weighted by Crippen LogP contribution is 2.32. The number of benzene rings is 1. The number of thiophene rings is 1. The van der Waals surface area contributed by atoms with Crippen LogP contribution in [0.4, 0.5) is 0 Å². The Morgan fingerprint density at radius 1 is 1.40 bits per heavy atom. The van der Waals surface area contributed by atoms with E-state index < -0.39 is 0 Å². The predicted molar refractivity (Wildman–Crippen MR) is 86.1 cm³/mol. The topological polar surface area (TPSA) is 20.3 Å². The first-order valence-corrected chi connectivity index (χ1v) is 8.42. The van der Waals surface area contributed by atoms with Crippen LogP contribution in [0.1, 0.15) is 33.6 Å². The van der Waals surface area contributed by atoms with Crippen molar-refractivity contribution in [1.82, 2.24) is 4.90 Å². The molecule has 2 aromatic rings. The van der Waals surface area contributed by atoms with Crippen LogP contribution in [0.15, 0.2) is 40.2 Å². The number of aryl methyl sites for hydroxylation is 1. The number of carbonyl (C=O) groups is 1. The molecule has 0 N–H and O–H groups in total. The predicted octanol–water partition coefficient (Wildman–Crippen LogP) is 4.62. The van der Waals surface area contributed by atoms with Crippen LogP contribution in [0.5, 0.6) is 0 Å². The lowest BCUT2D eigenvalue weighted by atomic mass is 10.1. The molecule has 1 fully saturated rings. The van der Waals surface area contributed by atoms with E-state index in [1.54, 1.807) is 11.3 Å². The second-order valence-corrected chi connectivity index (χ2v) is 7.11. The van der Waals surface area contributed by atoms with Crippen molar-refractivity contribution in [3.63, 3.8) is 0 Å². The van der Waals surface area contributed by atoms with Gasteiger partial charge >= 0.3 is 0 Å². The fourth-order valence-electron chi connectivity index (χ4n) is 2.28. The maximum atomic E-state index is 12.8. The van der Waals surface area contributed by atoms with E-state index in [9.17, 15) is 4.79 Å². The molecule has 0 radical (unpaired) electrons. The molecule has 1 aromatic carbocycles. The fraction of sp³-hybridized carbons (Fsp3) is 0.312. The van der Waals surface area contributed by atoms with Gasteiger partial charge in [-0.2, -0.15) is 0 Å². The second-order valence-electron chi connectivity index (χ2n) is 5.23. The molecule has 1 aromatic heterocycles. The number of halogens is 1. The minimum absolute atomic E-state index is 0.136. The standard InChI is InChI=1S/C16H16BrNOS/c1-11-4-7-15(17)14(9-11)16(19)18(12-5-6-12)10-13-3-2-8-20-13/h2-4,7-9,12H,5-6,10H2,1H3. The van der Waals surface area contributed by atoms with Crippen LogP contribution >= 0.6 is 27.3 Å². The molecular formula is C16H16BrNOS. The Morgan fingerprint density at radius 2 is 2.20 bits per heavy atom. The molecule has 1 heterocycles. The Hall–Kier alpha value is -1.13. The van der Waals surface area contributed by atoms with Crippen molar-refractivity contribution < 1.29 is 4.79 Å². The summed E-state index contributed by atoms with van der Waals surface area (Å²) in [6.45, 7) is 2.74. The van der Waals surface area contributed by atoms with Gasteiger partial charge in [-0.1, -0.05) is 17.7 Å². The second kappa shape index (κ2) is 5.70. The Labute approximate surface area is 131 Å². The van der Waals surface area contributed by atoms with Gasteiger partial charge in [0.1, 0.15) is 0 Å². The summed E-state index contributed by atoms with van der Waals surface area (Å²) in [7, 11) is 0. The summed E-state index contributed by atoms with van der Waals surface area (Å²) in [6.07, 6.45) is 2.25. The van der Waals surface area contributed by atoms with Crippen molar-refractivity contribution in [2.24, 2.45) is 0 Å². The highest BCUT2D eigenvalue weighted by molar-refractivity contribution is 9.10. The summed E-state index contributed by atoms with van der Waals surface area (Å²) in [5.41, 5.74) is 1.89. The SMILES string of the molecule is Cc1ccc(Br)c(C(=O)N(Cc2cccs2)C2CC2)c1. The molecule has 0 unspecified atom stereocenters. The minimum atomic E-state index is 0.136. The molecule has 0 saturated heterocycles. The summed E-state index contributed by atoms with van der Waals surface area (Å²) in [4.78, 5) is 16.1. The van der Waals surface area contributed by atoms with Crippen LogP contribution in [-0.4, -0.2) is 16.8 Å². The molecule has 1 aliphatic carbocycles. The van der Waals surface area contributed by atoms with Gasteiger partial charge in [-0.3, -0.25) is 4.79 Å². The average Bonchev–Trinajstić information content (AvgIpc) is 3.15. The third-order valence-corrected chi connectivity index (χ3v) is 5.06. The molecule has 20 heavy (non-hydrogen) atoms. The van der Waals surface area contributed by atoms with Gasteiger partial charge in [0.15, 0.2) is 0 Å². The van der Waals surface area contributed by atoms with Gasteiger partial charge in [-0.15, -0.1) is 11.3 Å². The van der Waals surface area contributed by atoms with Gasteiger partial charge in [0.2, 0.25) is 0 Å². The third kappa shape index (κ3) is 2.96. The Balaban J connectivity index is 1.87. The maximum absolute atomic E-state index is 12.8. The summed E-state index contributed by atoms with van der Waals surface area (Å²) in [5, 5.41) is 2.06. The number of amides is 1. The number of hydrogen-bond acceptors (Lipinski definition) is 2. The van der Waals surface area contributed by atoms with Gasteiger partial charge in [-0.25, -0.2) is 0 Å². The Kier molecular flexibility index (Phi) is 3.94. The normalized spacial score (nSPS) is 14.3. The van der Waals surface area contributed by atoms with Gasteiger partial charge in [-0.05, 0) is 59.3 Å². The van der Waals surface area contributed by atoms with Gasteiger partial charge < -0.3 is 4.90 Å². The van der Waals surface area contributed by atoms with Crippen molar-refractivity contribution >= 4 is 33.2 Å².